The van der Waals surface area contributed by atoms with Gasteiger partial charge in [-0.1, -0.05) is 13.3 Å². The smallest absolute Gasteiger partial charge is 0.161 e. The molecule has 1 rings (SSSR count). The molecule has 1 aromatic heterocycles. The van der Waals surface area contributed by atoms with Crippen molar-refractivity contribution in [2.24, 2.45) is 0 Å². The number of aliphatic hydroxyl groups excluding tert-OH is 1. The molecule has 3 nitrogen and oxygen atoms in total. The van der Waals surface area contributed by atoms with Gasteiger partial charge in [0, 0.05) is 6.20 Å². The molecule has 12 heavy (non-hydrogen) atoms. The van der Waals surface area contributed by atoms with E-state index in [4.69, 9.17) is 0 Å². The largest absolute Gasteiger partial charge is 0.386 e. The number of thiazole rings is 1. The maximum atomic E-state index is 10.3. The molecule has 1 atom stereocenters. The van der Waals surface area contributed by atoms with Gasteiger partial charge in [0.05, 0.1) is 4.88 Å². The summed E-state index contributed by atoms with van der Waals surface area (Å²) in [5, 5.41) is 10.1. The van der Waals surface area contributed by atoms with E-state index in [1.807, 2.05) is 6.92 Å². The number of nitrogens with zero attached hydrogens (tertiary/aromatic N) is 1. The highest BCUT2D eigenvalue weighted by Gasteiger charge is 2.10. The van der Waals surface area contributed by atoms with Gasteiger partial charge in [-0.2, -0.15) is 0 Å². The molecule has 0 aliphatic rings. The van der Waals surface area contributed by atoms with Crippen molar-refractivity contribution in [3.63, 3.8) is 0 Å². The van der Waals surface area contributed by atoms with Crippen molar-refractivity contribution in [2.75, 3.05) is 0 Å². The molecule has 0 saturated heterocycles. The molecule has 0 amide bonds. The van der Waals surface area contributed by atoms with E-state index >= 15 is 0 Å². The molecule has 1 N–H and O–H groups in total. The lowest BCUT2D eigenvalue weighted by atomic mass is 10.2. The third-order valence-corrected chi connectivity index (χ3v) is 2.53. The molecule has 1 heterocycles. The number of hydrogen-bond donors (Lipinski definition) is 1. The van der Waals surface area contributed by atoms with Crippen LogP contribution in [0.2, 0.25) is 0 Å². The Morgan fingerprint density at radius 2 is 2.58 bits per heavy atom. The second-order valence-electron chi connectivity index (χ2n) is 2.52. The van der Waals surface area contributed by atoms with Crippen LogP contribution in [0.25, 0.3) is 0 Å². The Balaban J connectivity index is 2.67. The number of aldehydes is 1. The molecule has 1 aromatic rings. The average molecular weight is 185 g/mol. The molecule has 0 aliphatic heterocycles. The minimum atomic E-state index is -0.506. The number of aliphatic hydroxyl groups is 1. The van der Waals surface area contributed by atoms with E-state index in [2.05, 4.69) is 4.98 Å². The lowest BCUT2D eigenvalue weighted by Gasteiger charge is -2.02. The first-order valence-electron chi connectivity index (χ1n) is 3.87. The van der Waals surface area contributed by atoms with Crippen molar-refractivity contribution < 1.29 is 9.90 Å². The fourth-order valence-electron chi connectivity index (χ4n) is 0.906. The first-order chi connectivity index (χ1) is 5.77. The van der Waals surface area contributed by atoms with Crippen LogP contribution in [0.1, 0.15) is 40.5 Å². The van der Waals surface area contributed by atoms with Crippen LogP contribution in [0.3, 0.4) is 0 Å². The zero-order valence-corrected chi connectivity index (χ0v) is 7.67. The fraction of sp³-hybridized carbons (Fsp3) is 0.500. The van der Waals surface area contributed by atoms with E-state index in [1.54, 1.807) is 0 Å². The van der Waals surface area contributed by atoms with Crippen LogP contribution in [0.4, 0.5) is 0 Å². The maximum absolute atomic E-state index is 10.3. The van der Waals surface area contributed by atoms with Gasteiger partial charge in [0.25, 0.3) is 0 Å². The lowest BCUT2D eigenvalue weighted by molar-refractivity contribution is 0.112. The van der Waals surface area contributed by atoms with E-state index in [0.29, 0.717) is 16.3 Å². The Labute approximate surface area is 75.1 Å². The van der Waals surface area contributed by atoms with Crippen molar-refractivity contribution in [1.82, 2.24) is 4.98 Å². The number of carbonyl (C=O) groups excluding carboxylic acids is 1. The Morgan fingerprint density at radius 1 is 1.83 bits per heavy atom. The highest BCUT2D eigenvalue weighted by Crippen LogP contribution is 2.22. The summed E-state index contributed by atoms with van der Waals surface area (Å²) in [5.74, 6) is 0. The summed E-state index contributed by atoms with van der Waals surface area (Å²) in [6.45, 7) is 2.00. The quantitative estimate of drug-likeness (QED) is 0.727. The molecule has 0 saturated carbocycles. The molecule has 0 fully saturated rings. The molecule has 66 valence electrons. The van der Waals surface area contributed by atoms with Crippen LogP contribution >= 0.6 is 11.3 Å². The minimum Gasteiger partial charge on any atom is -0.386 e. The normalized spacial score (nSPS) is 12.8. The first kappa shape index (κ1) is 9.35. The van der Waals surface area contributed by atoms with Crippen LogP contribution in [0.5, 0.6) is 0 Å². The van der Waals surface area contributed by atoms with Crippen LogP contribution in [-0.4, -0.2) is 16.4 Å². The van der Waals surface area contributed by atoms with Crippen molar-refractivity contribution in [3.05, 3.63) is 16.1 Å². The maximum Gasteiger partial charge on any atom is 0.161 e. The zero-order chi connectivity index (χ0) is 8.97. The van der Waals surface area contributed by atoms with Crippen molar-refractivity contribution in [3.8, 4) is 0 Å². The van der Waals surface area contributed by atoms with Gasteiger partial charge in [-0.05, 0) is 6.42 Å². The van der Waals surface area contributed by atoms with Crippen molar-refractivity contribution in [2.45, 2.75) is 25.9 Å². The zero-order valence-electron chi connectivity index (χ0n) is 6.86. The van der Waals surface area contributed by atoms with Gasteiger partial charge in [-0.15, -0.1) is 11.3 Å². The summed E-state index contributed by atoms with van der Waals surface area (Å²) in [7, 11) is 0. The number of rotatable bonds is 4. The molecule has 1 unspecified atom stereocenters. The highest BCUT2D eigenvalue weighted by atomic mass is 32.1. The number of hydrogen-bond acceptors (Lipinski definition) is 4. The van der Waals surface area contributed by atoms with E-state index in [9.17, 15) is 9.90 Å². The second kappa shape index (κ2) is 4.33. The van der Waals surface area contributed by atoms with Crippen LogP contribution in [-0.2, 0) is 0 Å². The average Bonchev–Trinajstić information content (AvgIpc) is 2.52. The summed E-state index contributed by atoms with van der Waals surface area (Å²) >= 11 is 1.25. The monoisotopic (exact) mass is 185 g/mol. The van der Waals surface area contributed by atoms with Crippen molar-refractivity contribution >= 4 is 17.6 Å². The molecule has 4 heteroatoms. The van der Waals surface area contributed by atoms with E-state index in [1.165, 1.54) is 17.5 Å². The Kier molecular flexibility index (Phi) is 3.37. The topological polar surface area (TPSA) is 50.2 Å². The molecule has 0 aromatic carbocycles. The van der Waals surface area contributed by atoms with Gasteiger partial charge >= 0.3 is 0 Å². The van der Waals surface area contributed by atoms with Crippen LogP contribution < -0.4 is 0 Å². The van der Waals surface area contributed by atoms with Gasteiger partial charge < -0.3 is 5.11 Å². The van der Waals surface area contributed by atoms with E-state index in [-0.39, 0.29) is 0 Å². The lowest BCUT2D eigenvalue weighted by Crippen LogP contribution is -1.94. The van der Waals surface area contributed by atoms with E-state index in [0.717, 1.165) is 12.7 Å². The molecule has 0 bridgehead atoms. The standard InChI is InChI=1S/C8H11NO2S/c1-2-3-7(11)8-9-4-6(5-10)12-8/h4-5,7,11H,2-3H2,1H3. The predicted molar refractivity (Wildman–Crippen MR) is 47.4 cm³/mol. The Hall–Kier alpha value is -0.740. The minimum absolute atomic E-state index is 0.506. The SMILES string of the molecule is CCCC(O)c1ncc(C=O)s1. The van der Waals surface area contributed by atoms with Crippen LogP contribution in [0.15, 0.2) is 6.20 Å². The fourth-order valence-corrected chi connectivity index (χ4v) is 1.66. The van der Waals surface area contributed by atoms with Gasteiger partial charge in [0.15, 0.2) is 6.29 Å². The predicted octanol–water partition coefficient (Wildman–Crippen LogP) is 1.79. The molecule has 0 aliphatic carbocycles. The van der Waals surface area contributed by atoms with Gasteiger partial charge in [0.2, 0.25) is 0 Å². The summed E-state index contributed by atoms with van der Waals surface area (Å²) in [6.07, 6.45) is 3.35. The molecular weight excluding hydrogens is 174 g/mol. The Morgan fingerprint density at radius 3 is 3.08 bits per heavy atom. The molecular formula is C8H11NO2S. The summed E-state index contributed by atoms with van der Waals surface area (Å²) < 4.78 is 0. The number of aromatic nitrogens is 1. The first-order valence-corrected chi connectivity index (χ1v) is 4.68. The van der Waals surface area contributed by atoms with Gasteiger partial charge in [0.1, 0.15) is 11.1 Å². The molecule has 0 spiro atoms. The third kappa shape index (κ3) is 2.12. The van der Waals surface area contributed by atoms with Crippen molar-refractivity contribution in [1.29, 1.82) is 0 Å². The van der Waals surface area contributed by atoms with Gasteiger partial charge in [-0.3, -0.25) is 4.79 Å². The highest BCUT2D eigenvalue weighted by molar-refractivity contribution is 7.13. The molecule has 0 radical (unpaired) electrons. The number of carbonyl (C=O) groups is 1. The van der Waals surface area contributed by atoms with E-state index < -0.39 is 6.10 Å². The second-order valence-corrected chi connectivity index (χ2v) is 3.62. The summed E-state index contributed by atoms with van der Waals surface area (Å²) in [4.78, 5) is 14.8. The summed E-state index contributed by atoms with van der Waals surface area (Å²) in [5.41, 5.74) is 0. The third-order valence-electron chi connectivity index (χ3n) is 1.50. The van der Waals surface area contributed by atoms with Crippen LogP contribution in [0, 0.1) is 0 Å². The Bertz CT molecular complexity index is 259. The summed E-state index contributed by atoms with van der Waals surface area (Å²) in [6, 6.07) is 0. The van der Waals surface area contributed by atoms with Gasteiger partial charge in [-0.25, -0.2) is 4.98 Å².